The fourth-order valence-corrected chi connectivity index (χ4v) is 4.41. The Morgan fingerprint density at radius 1 is 1.25 bits per heavy atom. The van der Waals surface area contributed by atoms with Crippen molar-refractivity contribution in [2.75, 3.05) is 6.54 Å². The van der Waals surface area contributed by atoms with Crippen LogP contribution in [-0.2, 0) is 6.54 Å². The molecule has 0 saturated carbocycles. The smallest absolute Gasteiger partial charge is 0.125 e. The third-order valence-electron chi connectivity index (χ3n) is 4.65. The highest BCUT2D eigenvalue weighted by Gasteiger charge is 2.30. The van der Waals surface area contributed by atoms with Crippen molar-refractivity contribution in [3.63, 3.8) is 0 Å². The lowest BCUT2D eigenvalue weighted by molar-refractivity contribution is 0.233. The minimum atomic E-state index is 0.306. The van der Waals surface area contributed by atoms with Gasteiger partial charge in [0, 0.05) is 23.2 Å². The van der Waals surface area contributed by atoms with Gasteiger partial charge in [0.1, 0.15) is 16.4 Å². The maximum atomic E-state index is 4.89. The van der Waals surface area contributed by atoms with Crippen molar-refractivity contribution >= 4 is 11.3 Å². The van der Waals surface area contributed by atoms with E-state index in [4.69, 9.17) is 4.63 Å². The van der Waals surface area contributed by atoms with Gasteiger partial charge < -0.3 is 0 Å². The van der Waals surface area contributed by atoms with Crippen LogP contribution in [0.1, 0.15) is 40.7 Å². The second-order valence-electron chi connectivity index (χ2n) is 6.31. The molecule has 1 aromatic carbocycles. The van der Waals surface area contributed by atoms with Crippen LogP contribution in [0.25, 0.3) is 10.6 Å². The molecule has 0 unspecified atom stereocenters. The lowest BCUT2D eigenvalue weighted by Gasteiger charge is -2.21. The first-order valence-electron chi connectivity index (χ1n) is 8.26. The Morgan fingerprint density at radius 2 is 2.12 bits per heavy atom. The molecule has 0 spiro atoms. The zero-order chi connectivity index (χ0) is 16.5. The van der Waals surface area contributed by atoms with Gasteiger partial charge in [-0.15, -0.1) is 11.3 Å². The first-order valence-corrected chi connectivity index (χ1v) is 9.08. The molecule has 4 rings (SSSR count). The zero-order valence-corrected chi connectivity index (χ0v) is 14.7. The summed E-state index contributed by atoms with van der Waals surface area (Å²) in [5.74, 6) is 0. The lowest BCUT2D eigenvalue weighted by Crippen LogP contribution is -2.23. The number of aromatic nitrogens is 3. The highest BCUT2D eigenvalue weighted by atomic mass is 32.1. The standard InChI is InChI=1S/C18H20N4OS/c1-12-6-3-4-7-15(12)18-19-10-14(24-18)11-22-9-5-8-16(22)17-13(2)20-23-21-17/h3-4,6-7,10,16H,5,8-9,11H2,1-2H3/t16-/m0/s1. The Bertz CT molecular complexity index is 841. The molecule has 5 nitrogen and oxygen atoms in total. The summed E-state index contributed by atoms with van der Waals surface area (Å²) in [6.45, 7) is 6.08. The largest absolute Gasteiger partial charge is 0.289 e. The van der Waals surface area contributed by atoms with Crippen molar-refractivity contribution in [1.82, 2.24) is 20.2 Å². The Morgan fingerprint density at radius 3 is 2.92 bits per heavy atom. The van der Waals surface area contributed by atoms with E-state index < -0.39 is 0 Å². The topological polar surface area (TPSA) is 55.1 Å². The Labute approximate surface area is 145 Å². The molecule has 1 saturated heterocycles. The summed E-state index contributed by atoms with van der Waals surface area (Å²) in [5.41, 5.74) is 4.37. The molecule has 0 amide bonds. The number of nitrogens with zero attached hydrogens (tertiary/aromatic N) is 4. The van der Waals surface area contributed by atoms with E-state index in [-0.39, 0.29) is 0 Å². The molecule has 0 radical (unpaired) electrons. The van der Waals surface area contributed by atoms with Gasteiger partial charge >= 0.3 is 0 Å². The van der Waals surface area contributed by atoms with E-state index in [0.29, 0.717) is 6.04 Å². The number of rotatable bonds is 4. The molecular weight excluding hydrogens is 320 g/mol. The van der Waals surface area contributed by atoms with Crippen LogP contribution in [0.2, 0.25) is 0 Å². The minimum Gasteiger partial charge on any atom is -0.289 e. The number of benzene rings is 1. The number of aryl methyl sites for hydroxylation is 2. The zero-order valence-electron chi connectivity index (χ0n) is 13.9. The van der Waals surface area contributed by atoms with Crippen LogP contribution in [0.5, 0.6) is 0 Å². The summed E-state index contributed by atoms with van der Waals surface area (Å²) in [6.07, 6.45) is 4.30. The van der Waals surface area contributed by atoms with Crippen LogP contribution >= 0.6 is 11.3 Å². The van der Waals surface area contributed by atoms with Crippen molar-refractivity contribution in [3.8, 4) is 10.6 Å². The summed E-state index contributed by atoms with van der Waals surface area (Å²) in [7, 11) is 0. The van der Waals surface area contributed by atoms with E-state index in [0.717, 1.165) is 35.9 Å². The van der Waals surface area contributed by atoms with Crippen molar-refractivity contribution < 1.29 is 4.63 Å². The predicted molar refractivity (Wildman–Crippen MR) is 93.7 cm³/mol. The fraction of sp³-hybridized carbons (Fsp3) is 0.389. The first-order chi connectivity index (χ1) is 11.7. The molecule has 0 aliphatic carbocycles. The SMILES string of the molecule is Cc1ccccc1-c1ncc(CN2CCC[C@H]2c2nonc2C)s1. The Balaban J connectivity index is 1.54. The van der Waals surface area contributed by atoms with Crippen molar-refractivity contribution in [2.24, 2.45) is 0 Å². The number of hydrogen-bond acceptors (Lipinski definition) is 6. The minimum absolute atomic E-state index is 0.306. The summed E-state index contributed by atoms with van der Waals surface area (Å²) in [5, 5.41) is 9.14. The maximum Gasteiger partial charge on any atom is 0.125 e. The quantitative estimate of drug-likeness (QED) is 0.714. The van der Waals surface area contributed by atoms with Gasteiger partial charge in [-0.05, 0) is 38.8 Å². The maximum absolute atomic E-state index is 4.89. The van der Waals surface area contributed by atoms with Crippen LogP contribution in [-0.4, -0.2) is 26.7 Å². The first kappa shape index (κ1) is 15.5. The van der Waals surface area contributed by atoms with E-state index in [9.17, 15) is 0 Å². The monoisotopic (exact) mass is 340 g/mol. The number of hydrogen-bond donors (Lipinski definition) is 0. The van der Waals surface area contributed by atoms with E-state index in [1.54, 1.807) is 11.3 Å². The van der Waals surface area contributed by atoms with Gasteiger partial charge in [0.25, 0.3) is 0 Å². The highest BCUT2D eigenvalue weighted by Crippen LogP contribution is 2.35. The molecule has 124 valence electrons. The van der Waals surface area contributed by atoms with E-state index in [2.05, 4.69) is 51.4 Å². The average Bonchev–Trinajstić information content (AvgIpc) is 3.30. The fourth-order valence-electron chi connectivity index (χ4n) is 3.38. The Kier molecular flexibility index (Phi) is 4.16. The van der Waals surface area contributed by atoms with Crippen molar-refractivity contribution in [3.05, 3.63) is 52.3 Å². The molecule has 6 heteroatoms. The van der Waals surface area contributed by atoms with Gasteiger partial charge in [0.15, 0.2) is 0 Å². The Hall–Kier alpha value is -2.05. The molecule has 1 aliphatic heterocycles. The van der Waals surface area contributed by atoms with Gasteiger partial charge in [0.05, 0.1) is 6.04 Å². The van der Waals surface area contributed by atoms with Gasteiger partial charge in [-0.25, -0.2) is 9.61 Å². The summed E-state index contributed by atoms with van der Waals surface area (Å²) < 4.78 is 4.89. The van der Waals surface area contributed by atoms with Crippen LogP contribution in [0.3, 0.4) is 0 Å². The average molecular weight is 340 g/mol. The summed E-state index contributed by atoms with van der Waals surface area (Å²) in [6, 6.07) is 8.71. The van der Waals surface area contributed by atoms with Crippen LogP contribution in [0.4, 0.5) is 0 Å². The van der Waals surface area contributed by atoms with E-state index >= 15 is 0 Å². The van der Waals surface area contributed by atoms with Gasteiger partial charge in [-0.1, -0.05) is 34.6 Å². The third kappa shape index (κ3) is 2.87. The van der Waals surface area contributed by atoms with Gasteiger partial charge in [-0.3, -0.25) is 4.90 Å². The van der Waals surface area contributed by atoms with Crippen LogP contribution in [0.15, 0.2) is 35.1 Å². The second kappa shape index (κ2) is 6.45. The lowest BCUT2D eigenvalue weighted by atomic mass is 10.1. The van der Waals surface area contributed by atoms with Gasteiger partial charge in [0.2, 0.25) is 0 Å². The predicted octanol–water partition coefficient (Wildman–Crippen LogP) is 4.15. The second-order valence-corrected chi connectivity index (χ2v) is 7.43. The van der Waals surface area contributed by atoms with Crippen LogP contribution in [0, 0.1) is 13.8 Å². The van der Waals surface area contributed by atoms with Crippen LogP contribution < -0.4 is 0 Å². The third-order valence-corrected chi connectivity index (χ3v) is 5.67. The molecule has 3 aromatic rings. The summed E-state index contributed by atoms with van der Waals surface area (Å²) in [4.78, 5) is 8.39. The molecule has 1 aliphatic rings. The number of likely N-dealkylation sites (tertiary alicyclic amines) is 1. The van der Waals surface area contributed by atoms with Gasteiger partial charge in [-0.2, -0.15) is 0 Å². The highest BCUT2D eigenvalue weighted by molar-refractivity contribution is 7.15. The molecule has 0 bridgehead atoms. The van der Waals surface area contributed by atoms with E-state index in [1.807, 2.05) is 13.1 Å². The van der Waals surface area contributed by atoms with Crippen molar-refractivity contribution in [2.45, 2.75) is 39.3 Å². The van der Waals surface area contributed by atoms with Crippen molar-refractivity contribution in [1.29, 1.82) is 0 Å². The molecule has 3 heterocycles. The summed E-state index contributed by atoms with van der Waals surface area (Å²) >= 11 is 1.78. The molecule has 0 N–H and O–H groups in total. The molecule has 2 aromatic heterocycles. The van der Waals surface area contributed by atoms with E-state index in [1.165, 1.54) is 22.4 Å². The molecule has 1 fully saturated rings. The molecular formula is C18H20N4OS. The molecule has 24 heavy (non-hydrogen) atoms. The number of thiazole rings is 1. The normalized spacial score (nSPS) is 18.3. The molecule has 1 atom stereocenters.